The average molecular weight is 224 g/mol. The van der Waals surface area contributed by atoms with Crippen LogP contribution in [0.5, 0.6) is 11.5 Å². The number of rotatable bonds is 6. The van der Waals surface area contributed by atoms with Crippen LogP contribution in [0.4, 0.5) is 0 Å². The molecule has 0 aliphatic carbocycles. The van der Waals surface area contributed by atoms with Crippen molar-refractivity contribution in [2.24, 2.45) is 0 Å². The van der Waals surface area contributed by atoms with E-state index in [9.17, 15) is 9.90 Å². The van der Waals surface area contributed by atoms with Gasteiger partial charge >= 0.3 is 0 Å². The van der Waals surface area contributed by atoms with Crippen molar-refractivity contribution in [3.63, 3.8) is 0 Å². The van der Waals surface area contributed by atoms with E-state index in [1.165, 1.54) is 7.11 Å². The van der Waals surface area contributed by atoms with Crippen LogP contribution in [0.2, 0.25) is 0 Å². The van der Waals surface area contributed by atoms with Gasteiger partial charge in [0.15, 0.2) is 11.5 Å². The van der Waals surface area contributed by atoms with E-state index in [0.29, 0.717) is 23.5 Å². The molecule has 0 amide bonds. The zero-order chi connectivity index (χ0) is 12.0. The molecule has 0 radical (unpaired) electrons. The van der Waals surface area contributed by atoms with Gasteiger partial charge in [-0.15, -0.1) is 0 Å². The van der Waals surface area contributed by atoms with Gasteiger partial charge in [0.05, 0.1) is 13.2 Å². The summed E-state index contributed by atoms with van der Waals surface area (Å²) in [5.41, 5.74) is 0.528. The fourth-order valence-corrected chi connectivity index (χ4v) is 1.18. The third kappa shape index (κ3) is 3.24. The summed E-state index contributed by atoms with van der Waals surface area (Å²) >= 11 is 0. The van der Waals surface area contributed by atoms with E-state index in [1.54, 1.807) is 18.2 Å². The third-order valence-corrected chi connectivity index (χ3v) is 2.23. The molecule has 1 aromatic carbocycles. The molecule has 0 fully saturated rings. The second-order valence-corrected chi connectivity index (χ2v) is 3.40. The van der Waals surface area contributed by atoms with E-state index in [0.717, 1.165) is 6.29 Å². The molecule has 4 heteroatoms. The summed E-state index contributed by atoms with van der Waals surface area (Å²) in [6.45, 7) is 2.09. The zero-order valence-electron chi connectivity index (χ0n) is 9.47. The van der Waals surface area contributed by atoms with Crippen LogP contribution in [0, 0.1) is 0 Å². The second kappa shape index (κ2) is 6.12. The van der Waals surface area contributed by atoms with Gasteiger partial charge < -0.3 is 14.6 Å². The quantitative estimate of drug-likeness (QED) is 0.746. The number of aliphatic hydroxyl groups excluding tert-OH is 1. The number of ether oxygens (including phenoxy) is 2. The molecule has 0 aromatic heterocycles. The molecule has 1 atom stereocenters. The zero-order valence-corrected chi connectivity index (χ0v) is 9.47. The van der Waals surface area contributed by atoms with Gasteiger partial charge in [-0.1, -0.05) is 6.92 Å². The van der Waals surface area contributed by atoms with E-state index in [-0.39, 0.29) is 6.61 Å². The Hall–Kier alpha value is -1.55. The molecular formula is C12H16O4. The Morgan fingerprint density at radius 1 is 1.44 bits per heavy atom. The summed E-state index contributed by atoms with van der Waals surface area (Å²) in [7, 11) is 1.51. The highest BCUT2D eigenvalue weighted by molar-refractivity contribution is 5.76. The van der Waals surface area contributed by atoms with Crippen molar-refractivity contribution < 1.29 is 19.4 Å². The molecule has 4 nitrogen and oxygen atoms in total. The number of carbonyl (C=O) groups excluding carboxylic acids is 1. The largest absolute Gasteiger partial charge is 0.493 e. The molecule has 16 heavy (non-hydrogen) atoms. The lowest BCUT2D eigenvalue weighted by molar-refractivity contribution is 0.102. The predicted molar refractivity (Wildman–Crippen MR) is 60.2 cm³/mol. The Morgan fingerprint density at radius 2 is 2.19 bits per heavy atom. The van der Waals surface area contributed by atoms with Crippen LogP contribution in [0.15, 0.2) is 18.2 Å². The average Bonchev–Trinajstić information content (AvgIpc) is 2.35. The van der Waals surface area contributed by atoms with E-state index in [1.807, 2.05) is 6.92 Å². The molecule has 88 valence electrons. The van der Waals surface area contributed by atoms with Gasteiger partial charge in [-0.25, -0.2) is 0 Å². The minimum atomic E-state index is -0.490. The van der Waals surface area contributed by atoms with Crippen molar-refractivity contribution in [2.45, 2.75) is 19.4 Å². The van der Waals surface area contributed by atoms with Gasteiger partial charge in [-0.2, -0.15) is 0 Å². The molecule has 1 rings (SSSR count). The molecule has 0 saturated carbocycles. The van der Waals surface area contributed by atoms with Crippen molar-refractivity contribution in [3.05, 3.63) is 23.8 Å². The lowest BCUT2D eigenvalue weighted by atomic mass is 10.2. The van der Waals surface area contributed by atoms with Crippen LogP contribution in [-0.4, -0.2) is 31.2 Å². The monoisotopic (exact) mass is 224 g/mol. The van der Waals surface area contributed by atoms with Crippen molar-refractivity contribution in [1.29, 1.82) is 0 Å². The maximum atomic E-state index is 10.6. The Kier molecular flexibility index (Phi) is 4.79. The van der Waals surface area contributed by atoms with E-state index in [4.69, 9.17) is 9.47 Å². The molecule has 0 spiro atoms. The van der Waals surface area contributed by atoms with Crippen LogP contribution >= 0.6 is 0 Å². The summed E-state index contributed by atoms with van der Waals surface area (Å²) in [6.07, 6.45) is 0.887. The molecule has 0 aliphatic heterocycles. The van der Waals surface area contributed by atoms with E-state index in [2.05, 4.69) is 0 Å². The Labute approximate surface area is 94.8 Å². The van der Waals surface area contributed by atoms with Crippen LogP contribution in [0.1, 0.15) is 23.7 Å². The van der Waals surface area contributed by atoms with Crippen molar-refractivity contribution in [1.82, 2.24) is 0 Å². The number of carbonyl (C=O) groups is 1. The van der Waals surface area contributed by atoms with Crippen molar-refractivity contribution in [2.75, 3.05) is 13.7 Å². The van der Waals surface area contributed by atoms with Gasteiger partial charge in [0.2, 0.25) is 0 Å². The fraction of sp³-hybridized carbons (Fsp3) is 0.417. The Bertz CT molecular complexity index is 349. The first kappa shape index (κ1) is 12.5. The maximum absolute atomic E-state index is 10.6. The van der Waals surface area contributed by atoms with Crippen LogP contribution in [0.3, 0.4) is 0 Å². The number of hydrogen-bond acceptors (Lipinski definition) is 4. The van der Waals surface area contributed by atoms with Crippen LogP contribution in [0.25, 0.3) is 0 Å². The number of hydrogen-bond donors (Lipinski definition) is 1. The smallest absolute Gasteiger partial charge is 0.161 e. The lowest BCUT2D eigenvalue weighted by Gasteiger charge is -2.13. The van der Waals surface area contributed by atoms with E-state index >= 15 is 0 Å². The van der Waals surface area contributed by atoms with Gasteiger partial charge in [-0.05, 0) is 24.6 Å². The lowest BCUT2D eigenvalue weighted by Crippen LogP contribution is -2.16. The summed E-state index contributed by atoms with van der Waals surface area (Å²) in [5.74, 6) is 1.02. The van der Waals surface area contributed by atoms with Gasteiger partial charge in [0.1, 0.15) is 12.9 Å². The SMILES string of the molecule is CCC(O)COc1ccc(C=O)cc1OC. The van der Waals surface area contributed by atoms with Gasteiger partial charge in [0.25, 0.3) is 0 Å². The molecule has 1 N–H and O–H groups in total. The van der Waals surface area contributed by atoms with Gasteiger partial charge in [0, 0.05) is 5.56 Å². The minimum Gasteiger partial charge on any atom is -0.493 e. The first-order valence-electron chi connectivity index (χ1n) is 5.15. The van der Waals surface area contributed by atoms with E-state index < -0.39 is 6.10 Å². The maximum Gasteiger partial charge on any atom is 0.161 e. The standard InChI is InChI=1S/C12H16O4/c1-3-10(14)8-16-11-5-4-9(7-13)6-12(11)15-2/h4-7,10,14H,3,8H2,1-2H3. The molecule has 0 aliphatic rings. The summed E-state index contributed by atoms with van der Waals surface area (Å²) in [5, 5.41) is 9.36. The van der Waals surface area contributed by atoms with Gasteiger partial charge in [-0.3, -0.25) is 4.79 Å². The van der Waals surface area contributed by atoms with Crippen molar-refractivity contribution >= 4 is 6.29 Å². The Morgan fingerprint density at radius 3 is 2.75 bits per heavy atom. The highest BCUT2D eigenvalue weighted by Gasteiger charge is 2.07. The normalized spacial score (nSPS) is 11.9. The summed E-state index contributed by atoms with van der Waals surface area (Å²) < 4.78 is 10.5. The third-order valence-electron chi connectivity index (χ3n) is 2.23. The molecular weight excluding hydrogens is 208 g/mol. The summed E-state index contributed by atoms with van der Waals surface area (Å²) in [4.78, 5) is 10.6. The van der Waals surface area contributed by atoms with Crippen LogP contribution < -0.4 is 9.47 Å². The number of methoxy groups -OCH3 is 1. The summed E-state index contributed by atoms with van der Waals surface area (Å²) in [6, 6.07) is 4.90. The Balaban J connectivity index is 2.75. The highest BCUT2D eigenvalue weighted by Crippen LogP contribution is 2.27. The van der Waals surface area contributed by atoms with Crippen LogP contribution in [-0.2, 0) is 0 Å². The molecule has 0 saturated heterocycles. The first-order chi connectivity index (χ1) is 7.71. The number of aldehydes is 1. The molecule has 0 bridgehead atoms. The minimum absolute atomic E-state index is 0.216. The molecule has 0 heterocycles. The fourth-order valence-electron chi connectivity index (χ4n) is 1.18. The first-order valence-corrected chi connectivity index (χ1v) is 5.15. The number of benzene rings is 1. The molecule has 1 unspecified atom stereocenters. The molecule has 1 aromatic rings. The number of aliphatic hydroxyl groups is 1. The van der Waals surface area contributed by atoms with Crippen molar-refractivity contribution in [3.8, 4) is 11.5 Å². The predicted octanol–water partition coefficient (Wildman–Crippen LogP) is 1.66. The topological polar surface area (TPSA) is 55.8 Å². The highest BCUT2D eigenvalue weighted by atomic mass is 16.5. The second-order valence-electron chi connectivity index (χ2n) is 3.40.